The van der Waals surface area contributed by atoms with Crippen LogP contribution >= 0.6 is 0 Å². The molecule has 1 aromatic carbocycles. The number of nitrogens with zero attached hydrogens (tertiary/aromatic N) is 3. The fourth-order valence-corrected chi connectivity index (χ4v) is 4.25. The van der Waals surface area contributed by atoms with E-state index in [1.807, 2.05) is 23.9 Å². The Hall–Kier alpha value is -1.99. The van der Waals surface area contributed by atoms with Gasteiger partial charge in [0.1, 0.15) is 11.2 Å². The number of halogens is 1. The maximum absolute atomic E-state index is 13.0. The molecule has 26 heavy (non-hydrogen) atoms. The molecule has 0 saturated carbocycles. The Morgan fingerprint density at radius 2 is 2.00 bits per heavy atom. The van der Waals surface area contributed by atoms with E-state index < -0.39 is 11.4 Å². The molecule has 1 amide bonds. The predicted octanol–water partition coefficient (Wildman–Crippen LogP) is 1.12. The van der Waals surface area contributed by atoms with E-state index in [-0.39, 0.29) is 30.7 Å². The van der Waals surface area contributed by atoms with Gasteiger partial charge in [0.15, 0.2) is 0 Å². The Morgan fingerprint density at radius 1 is 1.31 bits per heavy atom. The number of likely N-dealkylation sites (N-methyl/N-ethyl adjacent to an activating group) is 1. The summed E-state index contributed by atoms with van der Waals surface area (Å²) in [6.45, 7) is 2.91. The molecular formula is C19H26FN3O3. The average molecular weight is 363 g/mol. The lowest BCUT2D eigenvalue weighted by atomic mass is 9.73. The van der Waals surface area contributed by atoms with Gasteiger partial charge in [-0.05, 0) is 50.7 Å². The third kappa shape index (κ3) is 3.73. The Balaban J connectivity index is 1.61. The van der Waals surface area contributed by atoms with Gasteiger partial charge in [-0.2, -0.15) is 0 Å². The van der Waals surface area contributed by atoms with Gasteiger partial charge in [-0.15, -0.1) is 0 Å². The van der Waals surface area contributed by atoms with Crippen LogP contribution in [0.25, 0.3) is 0 Å². The van der Waals surface area contributed by atoms with Crippen LogP contribution in [0, 0.1) is 17.2 Å². The first-order valence-corrected chi connectivity index (χ1v) is 8.93. The van der Waals surface area contributed by atoms with Crippen LogP contribution in [0.1, 0.15) is 12.0 Å². The monoisotopic (exact) mass is 363 g/mol. The van der Waals surface area contributed by atoms with Gasteiger partial charge in [-0.3, -0.25) is 14.5 Å². The minimum absolute atomic E-state index is 0.0163. The third-order valence-corrected chi connectivity index (χ3v) is 5.66. The van der Waals surface area contributed by atoms with Gasteiger partial charge in [0, 0.05) is 26.2 Å². The van der Waals surface area contributed by atoms with E-state index in [0.29, 0.717) is 19.6 Å². The number of carbonyl (C=O) groups excluding carboxylic acids is 1. The molecule has 3 rings (SSSR count). The second-order valence-corrected chi connectivity index (χ2v) is 7.76. The van der Waals surface area contributed by atoms with E-state index in [1.54, 1.807) is 17.0 Å². The van der Waals surface area contributed by atoms with Gasteiger partial charge < -0.3 is 14.9 Å². The van der Waals surface area contributed by atoms with E-state index >= 15 is 0 Å². The van der Waals surface area contributed by atoms with Crippen LogP contribution in [0.15, 0.2) is 24.3 Å². The number of carbonyl (C=O) groups is 2. The van der Waals surface area contributed by atoms with Crippen LogP contribution in [0.5, 0.6) is 0 Å². The molecule has 2 atom stereocenters. The largest absolute Gasteiger partial charge is 0.481 e. The van der Waals surface area contributed by atoms with Crippen molar-refractivity contribution in [1.82, 2.24) is 14.7 Å². The lowest BCUT2D eigenvalue weighted by Gasteiger charge is -2.39. The lowest BCUT2D eigenvalue weighted by Crippen LogP contribution is -2.52. The minimum atomic E-state index is -0.849. The first-order valence-electron chi connectivity index (χ1n) is 8.93. The molecule has 2 fully saturated rings. The summed E-state index contributed by atoms with van der Waals surface area (Å²) in [6.07, 6.45) is 0.804. The predicted molar refractivity (Wildman–Crippen MR) is 95.0 cm³/mol. The number of likely N-dealkylation sites (tertiary alicyclic amines) is 2. The van der Waals surface area contributed by atoms with E-state index in [0.717, 1.165) is 18.5 Å². The maximum Gasteiger partial charge on any atom is 0.313 e. The van der Waals surface area contributed by atoms with Crippen molar-refractivity contribution >= 4 is 11.9 Å². The Bertz CT molecular complexity index is 681. The molecule has 1 aromatic rings. The van der Waals surface area contributed by atoms with E-state index in [2.05, 4.69) is 0 Å². The zero-order valence-electron chi connectivity index (χ0n) is 15.3. The highest BCUT2D eigenvalue weighted by Gasteiger charge is 2.55. The Kier molecular flexibility index (Phi) is 5.29. The van der Waals surface area contributed by atoms with Gasteiger partial charge in [-0.1, -0.05) is 12.1 Å². The molecular weight excluding hydrogens is 337 g/mol. The third-order valence-electron chi connectivity index (χ3n) is 5.66. The number of piperidine rings is 1. The zero-order valence-corrected chi connectivity index (χ0v) is 15.3. The number of hydrogen-bond acceptors (Lipinski definition) is 4. The Labute approximate surface area is 153 Å². The number of amides is 1. The van der Waals surface area contributed by atoms with Gasteiger partial charge in [0.05, 0.1) is 6.54 Å². The summed E-state index contributed by atoms with van der Waals surface area (Å²) in [4.78, 5) is 30.3. The number of benzene rings is 1. The molecule has 0 aliphatic carbocycles. The van der Waals surface area contributed by atoms with Crippen molar-refractivity contribution < 1.29 is 19.1 Å². The van der Waals surface area contributed by atoms with Crippen molar-refractivity contribution in [3.05, 3.63) is 35.6 Å². The van der Waals surface area contributed by atoms with E-state index in [1.165, 1.54) is 12.1 Å². The van der Waals surface area contributed by atoms with Crippen LogP contribution in [-0.2, 0) is 16.1 Å². The van der Waals surface area contributed by atoms with Gasteiger partial charge in [0.25, 0.3) is 0 Å². The molecule has 0 bridgehead atoms. The summed E-state index contributed by atoms with van der Waals surface area (Å²) in [5.41, 5.74) is 0.0819. The molecule has 2 aliphatic heterocycles. The molecule has 2 unspecified atom stereocenters. The summed E-state index contributed by atoms with van der Waals surface area (Å²) in [5.74, 6) is -1.12. The molecule has 7 heteroatoms. The quantitative estimate of drug-likeness (QED) is 0.850. The lowest BCUT2D eigenvalue weighted by molar-refractivity contribution is -0.154. The standard InChI is InChI=1S/C19H26FN3O3/c1-21-8-7-15-10-23(13-19(15,12-21)18(25)26)17(24)11-22(2)9-14-3-5-16(20)6-4-14/h3-6,15H,7-13H2,1-2H3,(H,25,26). The molecule has 2 heterocycles. The molecule has 0 spiro atoms. The highest BCUT2D eigenvalue weighted by Crippen LogP contribution is 2.42. The van der Waals surface area contributed by atoms with Crippen LogP contribution < -0.4 is 0 Å². The maximum atomic E-state index is 13.0. The van der Waals surface area contributed by atoms with Crippen molar-refractivity contribution in [3.63, 3.8) is 0 Å². The molecule has 0 radical (unpaired) electrons. The number of carboxylic acids is 1. The number of aliphatic carboxylic acids is 1. The molecule has 0 aromatic heterocycles. The van der Waals surface area contributed by atoms with Crippen molar-refractivity contribution in [2.24, 2.45) is 11.3 Å². The molecule has 2 aliphatic rings. The minimum Gasteiger partial charge on any atom is -0.481 e. The smallest absolute Gasteiger partial charge is 0.313 e. The van der Waals surface area contributed by atoms with Crippen LogP contribution in [0.4, 0.5) is 4.39 Å². The summed E-state index contributed by atoms with van der Waals surface area (Å²) >= 11 is 0. The number of fused-ring (bicyclic) bond motifs is 1. The zero-order chi connectivity index (χ0) is 18.9. The summed E-state index contributed by atoms with van der Waals surface area (Å²) in [7, 11) is 3.77. The number of carboxylic acid groups (broad SMARTS) is 1. The first-order chi connectivity index (χ1) is 12.3. The van der Waals surface area contributed by atoms with Crippen LogP contribution in [0.3, 0.4) is 0 Å². The van der Waals surface area contributed by atoms with Crippen molar-refractivity contribution in [3.8, 4) is 0 Å². The normalized spacial score (nSPS) is 26.2. The van der Waals surface area contributed by atoms with E-state index in [4.69, 9.17) is 0 Å². The second kappa shape index (κ2) is 7.32. The van der Waals surface area contributed by atoms with Crippen LogP contribution in [-0.4, -0.2) is 78.5 Å². The highest BCUT2D eigenvalue weighted by molar-refractivity contribution is 5.82. The topological polar surface area (TPSA) is 64.1 Å². The van der Waals surface area contributed by atoms with Crippen molar-refractivity contribution in [2.45, 2.75) is 13.0 Å². The highest BCUT2D eigenvalue weighted by atomic mass is 19.1. The molecule has 2 saturated heterocycles. The van der Waals surface area contributed by atoms with Crippen molar-refractivity contribution in [1.29, 1.82) is 0 Å². The number of rotatable bonds is 5. The molecule has 142 valence electrons. The number of hydrogen-bond donors (Lipinski definition) is 1. The summed E-state index contributed by atoms with van der Waals surface area (Å²) in [5, 5.41) is 9.81. The SMILES string of the molecule is CN(CC(=O)N1CC2CCN(C)CC2(C(=O)O)C1)Cc1ccc(F)cc1. The summed E-state index contributed by atoms with van der Waals surface area (Å²) in [6, 6.07) is 6.22. The van der Waals surface area contributed by atoms with Gasteiger partial charge >= 0.3 is 5.97 Å². The van der Waals surface area contributed by atoms with Crippen molar-refractivity contribution in [2.75, 3.05) is 46.8 Å². The summed E-state index contributed by atoms with van der Waals surface area (Å²) < 4.78 is 13.0. The average Bonchev–Trinajstić information content (AvgIpc) is 2.97. The molecule has 1 N–H and O–H groups in total. The fraction of sp³-hybridized carbons (Fsp3) is 0.579. The fourth-order valence-electron chi connectivity index (χ4n) is 4.25. The van der Waals surface area contributed by atoms with E-state index in [9.17, 15) is 19.1 Å². The molecule has 6 nitrogen and oxygen atoms in total. The first kappa shape index (κ1) is 18.8. The van der Waals surface area contributed by atoms with Gasteiger partial charge in [0.2, 0.25) is 5.91 Å². The van der Waals surface area contributed by atoms with Gasteiger partial charge in [-0.25, -0.2) is 4.39 Å². The second-order valence-electron chi connectivity index (χ2n) is 7.76. The van der Waals surface area contributed by atoms with Crippen LogP contribution in [0.2, 0.25) is 0 Å². The Morgan fingerprint density at radius 3 is 2.65 bits per heavy atom.